The van der Waals surface area contributed by atoms with Gasteiger partial charge in [0.2, 0.25) is 5.91 Å². The van der Waals surface area contributed by atoms with Gasteiger partial charge in [0, 0.05) is 56.5 Å². The summed E-state index contributed by atoms with van der Waals surface area (Å²) in [5, 5.41) is 2.46. The Morgan fingerprint density at radius 1 is 1.17 bits per heavy atom. The third kappa shape index (κ3) is 6.75. The lowest BCUT2D eigenvalue weighted by molar-refractivity contribution is -0.142. The third-order valence-corrected chi connectivity index (χ3v) is 8.16. The summed E-state index contributed by atoms with van der Waals surface area (Å²) in [7, 11) is 2.21. The monoisotopic (exact) mass is 579 g/mol. The van der Waals surface area contributed by atoms with Crippen LogP contribution in [0.3, 0.4) is 0 Å². The molecule has 2 unspecified atom stereocenters. The van der Waals surface area contributed by atoms with Crippen LogP contribution in [0.4, 0.5) is 18.9 Å². The van der Waals surface area contributed by atoms with Crippen LogP contribution >= 0.6 is 0 Å². The van der Waals surface area contributed by atoms with Crippen molar-refractivity contribution in [2.75, 3.05) is 39.0 Å². The zero-order valence-corrected chi connectivity index (χ0v) is 22.6. The van der Waals surface area contributed by atoms with E-state index in [1.807, 2.05) is 6.92 Å². The number of hydrogen-bond donors (Lipinski definition) is 2. The number of amides is 2. The number of piperidine rings is 1. The Morgan fingerprint density at radius 2 is 1.80 bits per heavy atom. The summed E-state index contributed by atoms with van der Waals surface area (Å²) < 4.78 is 41.4. The Morgan fingerprint density at radius 3 is 2.34 bits per heavy atom. The number of pyridine rings is 1. The molecule has 2 saturated carbocycles. The number of carbonyl (C=O) groups is 2. The zero-order chi connectivity index (χ0) is 28.1. The van der Waals surface area contributed by atoms with Crippen LogP contribution < -0.4 is 16.6 Å². The molecule has 4 aliphatic rings. The average molecular weight is 580 g/mol. The fourth-order valence-electron chi connectivity index (χ4n) is 5.64. The summed E-state index contributed by atoms with van der Waals surface area (Å²) in [6.07, 6.45) is 1.67. The van der Waals surface area contributed by atoms with Crippen molar-refractivity contribution in [2.24, 2.45) is 17.8 Å². The second-order valence-electron chi connectivity index (χ2n) is 11.6. The number of aromatic nitrogens is 1. The molecule has 1 aromatic carbocycles. The first-order valence-electron chi connectivity index (χ1n) is 13.3. The van der Waals surface area contributed by atoms with E-state index >= 15 is 0 Å². The molecule has 0 bridgehead atoms. The van der Waals surface area contributed by atoms with Crippen LogP contribution in [0.1, 0.15) is 61.5 Å². The number of anilines is 1. The van der Waals surface area contributed by atoms with Crippen molar-refractivity contribution >= 4 is 17.5 Å². The number of hydrogen-bond acceptors (Lipinski definition) is 5. The lowest BCUT2D eigenvalue weighted by Crippen LogP contribution is -2.65. The van der Waals surface area contributed by atoms with Gasteiger partial charge in [-0.3, -0.25) is 14.4 Å². The molecule has 12 heteroatoms. The van der Waals surface area contributed by atoms with Gasteiger partial charge >= 0.3 is 0 Å². The minimum absolute atomic E-state index is 0. The van der Waals surface area contributed by atoms with Gasteiger partial charge in [0.15, 0.2) is 0 Å². The second-order valence-corrected chi connectivity index (χ2v) is 11.6. The maximum absolute atomic E-state index is 14.2. The molecule has 9 nitrogen and oxygen atoms in total. The second kappa shape index (κ2) is 12.2. The minimum Gasteiger partial charge on any atom is -0.412 e. The predicted molar refractivity (Wildman–Crippen MR) is 150 cm³/mol. The molecule has 0 spiro atoms. The molecule has 6 rings (SSSR count). The highest BCUT2D eigenvalue weighted by Crippen LogP contribution is 2.44. The van der Waals surface area contributed by atoms with Gasteiger partial charge in [0.05, 0.1) is 22.4 Å². The Labute approximate surface area is 237 Å². The number of nitrogens with two attached hydrogens (primary N) is 1. The summed E-state index contributed by atoms with van der Waals surface area (Å²) >= 11 is 0. The number of alkyl halides is 2. The quantitative estimate of drug-likeness (QED) is 0.543. The standard InChI is InChI=1S/C22H23F3N4O3.C6H11N.CH4.H2O/c1-22(10-28(11-22)21(32)12-5-6-12)29-9-15(16(26)7-17(29)30)20(31)27-8-13-3-2-4-14(18(13)23)19(24)25;1-7-3-5-2-6(5)4-7;;/h2-4,7,9,12,19H,5-6,8,10-11,26H2,1H3,(H,27,31);5-6H,2-4H2,1H3;1H4;1H2. The van der Waals surface area contributed by atoms with Crippen molar-refractivity contribution in [3.05, 3.63) is 63.3 Å². The maximum atomic E-state index is 14.2. The van der Waals surface area contributed by atoms with E-state index in [0.717, 1.165) is 36.8 Å². The molecule has 3 heterocycles. The van der Waals surface area contributed by atoms with E-state index < -0.39 is 34.8 Å². The molecule has 4 fully saturated rings. The molecule has 41 heavy (non-hydrogen) atoms. The fraction of sp³-hybridized carbons (Fsp3) is 0.552. The Hall–Kier alpha value is -3.38. The molecule has 0 radical (unpaired) electrons. The molecule has 2 amide bonds. The van der Waals surface area contributed by atoms with Crippen molar-refractivity contribution in [1.82, 2.24) is 19.7 Å². The third-order valence-electron chi connectivity index (χ3n) is 8.16. The SMILES string of the molecule is C.CC1(n2cc(C(=O)NCc3cccc(C(F)F)c3F)c(N)cc2=O)CN(C(=O)C2CC2)C1.CN1CC2CC2C1.O. The van der Waals surface area contributed by atoms with Crippen LogP contribution in [0.5, 0.6) is 0 Å². The number of halogens is 3. The first-order valence-corrected chi connectivity index (χ1v) is 13.3. The number of likely N-dealkylation sites (tertiary alicyclic amines) is 2. The highest BCUT2D eigenvalue weighted by Gasteiger charge is 2.47. The molecule has 2 aromatic rings. The van der Waals surface area contributed by atoms with Gasteiger partial charge in [-0.2, -0.15) is 0 Å². The number of nitrogens with zero attached hydrogens (tertiary/aromatic N) is 3. The number of nitrogen functional groups attached to an aromatic ring is 1. The summed E-state index contributed by atoms with van der Waals surface area (Å²) in [6.45, 7) is 4.94. The number of benzene rings is 1. The van der Waals surface area contributed by atoms with E-state index in [1.165, 1.54) is 42.4 Å². The average Bonchev–Trinajstić information content (AvgIpc) is 3.79. The molecule has 1 aromatic heterocycles. The molecule has 2 aliphatic carbocycles. The summed E-state index contributed by atoms with van der Waals surface area (Å²) in [5.41, 5.74) is 3.89. The zero-order valence-electron chi connectivity index (χ0n) is 22.6. The van der Waals surface area contributed by atoms with Gasteiger partial charge in [0.25, 0.3) is 17.9 Å². The lowest BCUT2D eigenvalue weighted by Gasteiger charge is -2.49. The summed E-state index contributed by atoms with van der Waals surface area (Å²) in [5.74, 6) is 0.634. The van der Waals surface area contributed by atoms with Gasteiger partial charge in [-0.15, -0.1) is 0 Å². The number of rotatable bonds is 6. The first kappa shape index (κ1) is 32.1. The molecule has 226 valence electrons. The fourth-order valence-corrected chi connectivity index (χ4v) is 5.64. The van der Waals surface area contributed by atoms with Gasteiger partial charge < -0.3 is 30.9 Å². The van der Waals surface area contributed by atoms with Crippen molar-refractivity contribution in [1.29, 1.82) is 0 Å². The van der Waals surface area contributed by atoms with Crippen molar-refractivity contribution in [3.63, 3.8) is 0 Å². The highest BCUT2D eigenvalue weighted by molar-refractivity contribution is 5.98. The number of carbonyl (C=O) groups excluding carboxylic acids is 2. The largest absolute Gasteiger partial charge is 0.412 e. The van der Waals surface area contributed by atoms with E-state index in [4.69, 9.17) is 5.73 Å². The minimum atomic E-state index is -2.97. The molecule has 2 saturated heterocycles. The topological polar surface area (TPSA) is 132 Å². The molecule has 2 atom stereocenters. The molecular weight excluding hydrogens is 539 g/mol. The smallest absolute Gasteiger partial charge is 0.266 e. The maximum Gasteiger partial charge on any atom is 0.266 e. The van der Waals surface area contributed by atoms with E-state index in [-0.39, 0.29) is 48.1 Å². The van der Waals surface area contributed by atoms with Gasteiger partial charge in [-0.05, 0) is 45.1 Å². The Kier molecular flexibility index (Phi) is 9.59. The van der Waals surface area contributed by atoms with Crippen LogP contribution in [0, 0.1) is 23.6 Å². The molecule has 5 N–H and O–H groups in total. The van der Waals surface area contributed by atoms with E-state index in [1.54, 1.807) is 4.90 Å². The van der Waals surface area contributed by atoms with E-state index in [0.29, 0.717) is 13.1 Å². The van der Waals surface area contributed by atoms with Crippen molar-refractivity contribution in [3.8, 4) is 0 Å². The number of nitrogens with one attached hydrogen (secondary N) is 1. The van der Waals surface area contributed by atoms with Crippen LogP contribution in [0.15, 0.2) is 35.3 Å². The van der Waals surface area contributed by atoms with Crippen molar-refractivity contribution in [2.45, 2.75) is 52.1 Å². The van der Waals surface area contributed by atoms with Crippen LogP contribution in [0.2, 0.25) is 0 Å². The number of fused-ring (bicyclic) bond motifs is 1. The van der Waals surface area contributed by atoms with Gasteiger partial charge in [-0.1, -0.05) is 25.6 Å². The van der Waals surface area contributed by atoms with Gasteiger partial charge in [-0.25, -0.2) is 13.2 Å². The molecular formula is C29H40F3N5O4. The van der Waals surface area contributed by atoms with Crippen LogP contribution in [-0.4, -0.2) is 64.9 Å². The van der Waals surface area contributed by atoms with E-state index in [2.05, 4.69) is 17.3 Å². The van der Waals surface area contributed by atoms with Gasteiger partial charge in [0.1, 0.15) is 5.82 Å². The first-order chi connectivity index (χ1) is 18.5. The molecule has 2 aliphatic heterocycles. The lowest BCUT2D eigenvalue weighted by atomic mass is 9.90. The highest BCUT2D eigenvalue weighted by atomic mass is 19.3. The van der Waals surface area contributed by atoms with Crippen molar-refractivity contribution < 1.29 is 28.2 Å². The summed E-state index contributed by atoms with van der Waals surface area (Å²) in [4.78, 5) is 41.6. The Bertz CT molecular complexity index is 1330. The van der Waals surface area contributed by atoms with Crippen LogP contribution in [-0.2, 0) is 16.9 Å². The normalized spacial score (nSPS) is 21.9. The van der Waals surface area contributed by atoms with E-state index in [9.17, 15) is 27.6 Å². The summed E-state index contributed by atoms with van der Waals surface area (Å²) in [6, 6.07) is 4.69. The van der Waals surface area contributed by atoms with Crippen LogP contribution in [0.25, 0.3) is 0 Å². The Balaban J connectivity index is 0.000000443. The predicted octanol–water partition coefficient (Wildman–Crippen LogP) is 2.78.